The van der Waals surface area contributed by atoms with Crippen molar-refractivity contribution in [2.24, 2.45) is 17.8 Å². The number of rotatable bonds is 11. The summed E-state index contributed by atoms with van der Waals surface area (Å²) >= 11 is 0. The Bertz CT molecular complexity index is 1260. The standard InChI is InChI=1S/C32H31N3O3/c33-21-24(22-34)20-28(31(36)26-12-6-2-7-13-26)30(25-10-4-1-5-11-25)29(23-35-16-18-38-19-17-35)32(37)27-14-8-3-9-15-27/h1-15,24,28-30H,16-20,23H2/t28-,29+,30+/m0/s1. The molecule has 0 N–H and O–H groups in total. The number of carbonyl (C=O) groups is 2. The van der Waals surface area contributed by atoms with E-state index in [1.807, 2.05) is 54.6 Å². The molecular formula is C32H31N3O3. The summed E-state index contributed by atoms with van der Waals surface area (Å²) in [5, 5.41) is 19.4. The maximum atomic E-state index is 14.2. The van der Waals surface area contributed by atoms with Crippen molar-refractivity contribution >= 4 is 11.6 Å². The van der Waals surface area contributed by atoms with Crippen LogP contribution in [0.3, 0.4) is 0 Å². The molecule has 3 atom stereocenters. The van der Waals surface area contributed by atoms with Crippen LogP contribution in [-0.2, 0) is 4.74 Å². The van der Waals surface area contributed by atoms with E-state index >= 15 is 0 Å². The minimum Gasteiger partial charge on any atom is -0.379 e. The monoisotopic (exact) mass is 505 g/mol. The lowest BCUT2D eigenvalue weighted by atomic mass is 9.68. The van der Waals surface area contributed by atoms with Gasteiger partial charge in [0.2, 0.25) is 0 Å². The lowest BCUT2D eigenvalue weighted by Gasteiger charge is -2.37. The number of Topliss-reactive ketones (excluding diaryl/α,β-unsaturated/α-hetero) is 2. The number of hydrogen-bond donors (Lipinski definition) is 0. The van der Waals surface area contributed by atoms with Crippen molar-refractivity contribution in [3.05, 3.63) is 108 Å². The molecule has 0 aromatic heterocycles. The van der Waals surface area contributed by atoms with Gasteiger partial charge in [-0.15, -0.1) is 0 Å². The molecule has 0 spiro atoms. The van der Waals surface area contributed by atoms with E-state index in [4.69, 9.17) is 4.74 Å². The number of nitriles is 2. The molecular weight excluding hydrogens is 474 g/mol. The van der Waals surface area contributed by atoms with Crippen LogP contribution in [0.5, 0.6) is 0 Å². The van der Waals surface area contributed by atoms with Gasteiger partial charge in [0, 0.05) is 48.5 Å². The van der Waals surface area contributed by atoms with Crippen molar-refractivity contribution in [3.8, 4) is 12.1 Å². The molecule has 0 unspecified atom stereocenters. The molecule has 1 fully saturated rings. The number of benzene rings is 3. The largest absolute Gasteiger partial charge is 0.379 e. The SMILES string of the molecule is N#CC(C#N)C[C@H](C(=O)c1ccccc1)[C@@H](c1ccccc1)[C@@H](CN1CCOCC1)C(=O)c1ccccc1. The van der Waals surface area contributed by atoms with Crippen LogP contribution in [0, 0.1) is 40.4 Å². The molecule has 3 aromatic carbocycles. The second kappa shape index (κ2) is 13.4. The summed E-state index contributed by atoms with van der Waals surface area (Å²) in [4.78, 5) is 30.6. The topological polar surface area (TPSA) is 94.2 Å². The van der Waals surface area contributed by atoms with Gasteiger partial charge in [0.05, 0.1) is 25.4 Å². The zero-order valence-electron chi connectivity index (χ0n) is 21.3. The average Bonchev–Trinajstić information content (AvgIpc) is 2.99. The van der Waals surface area contributed by atoms with E-state index in [-0.39, 0.29) is 18.0 Å². The Balaban J connectivity index is 1.86. The highest BCUT2D eigenvalue weighted by molar-refractivity contribution is 6.01. The van der Waals surface area contributed by atoms with Crippen LogP contribution < -0.4 is 0 Å². The quantitative estimate of drug-likeness (QED) is 0.334. The van der Waals surface area contributed by atoms with E-state index in [0.717, 1.165) is 5.56 Å². The number of morpholine rings is 1. The summed E-state index contributed by atoms with van der Waals surface area (Å²) in [6.07, 6.45) is 0.0436. The van der Waals surface area contributed by atoms with Crippen molar-refractivity contribution in [1.29, 1.82) is 10.5 Å². The molecule has 1 heterocycles. The third kappa shape index (κ3) is 6.61. The number of ether oxygens (including phenoxy) is 1. The second-order valence-corrected chi connectivity index (χ2v) is 9.57. The highest BCUT2D eigenvalue weighted by Crippen LogP contribution is 2.40. The number of hydrogen-bond acceptors (Lipinski definition) is 6. The van der Waals surface area contributed by atoms with Crippen molar-refractivity contribution < 1.29 is 14.3 Å². The van der Waals surface area contributed by atoms with Gasteiger partial charge in [0.15, 0.2) is 11.6 Å². The summed E-state index contributed by atoms with van der Waals surface area (Å²) in [6, 6.07) is 31.8. The van der Waals surface area contributed by atoms with E-state index in [1.165, 1.54) is 0 Å². The first-order chi connectivity index (χ1) is 18.6. The predicted octanol–water partition coefficient (Wildman–Crippen LogP) is 5.15. The molecule has 0 aliphatic carbocycles. The number of carbonyl (C=O) groups excluding carboxylic acids is 2. The van der Waals surface area contributed by atoms with Gasteiger partial charge in [-0.3, -0.25) is 14.5 Å². The fourth-order valence-corrected chi connectivity index (χ4v) is 5.28. The summed E-state index contributed by atoms with van der Waals surface area (Å²) < 4.78 is 5.54. The Morgan fingerprint density at radius 3 is 1.71 bits per heavy atom. The lowest BCUT2D eigenvalue weighted by Crippen LogP contribution is -2.44. The van der Waals surface area contributed by atoms with Crippen molar-refractivity contribution in [2.45, 2.75) is 12.3 Å². The third-order valence-electron chi connectivity index (χ3n) is 7.20. The first-order valence-electron chi connectivity index (χ1n) is 12.9. The summed E-state index contributed by atoms with van der Waals surface area (Å²) in [5.41, 5.74) is 1.93. The molecule has 6 nitrogen and oxygen atoms in total. The third-order valence-corrected chi connectivity index (χ3v) is 7.20. The zero-order chi connectivity index (χ0) is 26.7. The van der Waals surface area contributed by atoms with Crippen LogP contribution in [0.2, 0.25) is 0 Å². The van der Waals surface area contributed by atoms with E-state index < -0.39 is 23.7 Å². The molecule has 192 valence electrons. The van der Waals surface area contributed by atoms with Crippen LogP contribution in [0.25, 0.3) is 0 Å². The lowest BCUT2D eigenvalue weighted by molar-refractivity contribution is 0.0259. The molecule has 6 heteroatoms. The molecule has 0 amide bonds. The second-order valence-electron chi connectivity index (χ2n) is 9.57. The molecule has 1 aliphatic rings. The fourth-order valence-electron chi connectivity index (χ4n) is 5.28. The van der Waals surface area contributed by atoms with Crippen molar-refractivity contribution in [2.75, 3.05) is 32.8 Å². The van der Waals surface area contributed by atoms with E-state index in [9.17, 15) is 20.1 Å². The first-order valence-corrected chi connectivity index (χ1v) is 12.9. The number of nitrogens with zero attached hydrogens (tertiary/aromatic N) is 3. The Morgan fingerprint density at radius 1 is 0.737 bits per heavy atom. The minimum absolute atomic E-state index is 0.0436. The van der Waals surface area contributed by atoms with E-state index in [1.54, 1.807) is 36.4 Å². The van der Waals surface area contributed by atoms with Crippen LogP contribution in [0.4, 0.5) is 0 Å². The van der Waals surface area contributed by atoms with Gasteiger partial charge >= 0.3 is 0 Å². The highest BCUT2D eigenvalue weighted by Gasteiger charge is 2.41. The van der Waals surface area contributed by atoms with Gasteiger partial charge in [0.1, 0.15) is 5.92 Å². The summed E-state index contributed by atoms with van der Waals surface area (Å²) in [5.74, 6) is -3.06. The predicted molar refractivity (Wildman–Crippen MR) is 144 cm³/mol. The molecule has 1 aliphatic heterocycles. The van der Waals surface area contributed by atoms with Crippen LogP contribution in [0.15, 0.2) is 91.0 Å². The normalized spacial score (nSPS) is 16.1. The molecule has 1 saturated heterocycles. The van der Waals surface area contributed by atoms with E-state index in [0.29, 0.717) is 44.0 Å². The summed E-state index contributed by atoms with van der Waals surface area (Å²) in [6.45, 7) is 2.99. The maximum Gasteiger partial charge on any atom is 0.167 e. The minimum atomic E-state index is -0.977. The molecule has 38 heavy (non-hydrogen) atoms. The van der Waals surface area contributed by atoms with Gasteiger partial charge < -0.3 is 4.74 Å². The van der Waals surface area contributed by atoms with Gasteiger partial charge in [-0.05, 0) is 12.0 Å². The molecule has 0 bridgehead atoms. The molecule has 0 saturated carbocycles. The maximum absolute atomic E-state index is 14.2. The Labute approximate surface area is 224 Å². The van der Waals surface area contributed by atoms with Crippen LogP contribution in [-0.4, -0.2) is 49.3 Å². The van der Waals surface area contributed by atoms with Crippen LogP contribution >= 0.6 is 0 Å². The molecule has 3 aromatic rings. The Morgan fingerprint density at radius 2 is 1.21 bits per heavy atom. The fraction of sp³-hybridized carbons (Fsp3) is 0.312. The molecule has 0 radical (unpaired) electrons. The Kier molecular flexibility index (Phi) is 9.54. The average molecular weight is 506 g/mol. The van der Waals surface area contributed by atoms with E-state index in [2.05, 4.69) is 17.0 Å². The van der Waals surface area contributed by atoms with Crippen molar-refractivity contribution in [3.63, 3.8) is 0 Å². The smallest absolute Gasteiger partial charge is 0.167 e. The van der Waals surface area contributed by atoms with Crippen LogP contribution in [0.1, 0.15) is 38.6 Å². The number of ketones is 2. The molecule has 4 rings (SSSR count). The first kappa shape index (κ1) is 26.9. The van der Waals surface area contributed by atoms with Gasteiger partial charge in [-0.25, -0.2) is 0 Å². The van der Waals surface area contributed by atoms with Gasteiger partial charge in [-0.1, -0.05) is 91.0 Å². The zero-order valence-corrected chi connectivity index (χ0v) is 21.3. The summed E-state index contributed by atoms with van der Waals surface area (Å²) in [7, 11) is 0. The highest BCUT2D eigenvalue weighted by atomic mass is 16.5. The van der Waals surface area contributed by atoms with Gasteiger partial charge in [-0.2, -0.15) is 10.5 Å². The Hall–Kier alpha value is -4.10. The van der Waals surface area contributed by atoms with Crippen molar-refractivity contribution in [1.82, 2.24) is 4.90 Å². The van der Waals surface area contributed by atoms with Gasteiger partial charge in [0.25, 0.3) is 0 Å².